The average Bonchev–Trinajstić information content (AvgIpc) is 2.96. The number of hydrogen-bond acceptors (Lipinski definition) is 4. The number of methoxy groups -OCH3 is 1. The monoisotopic (exact) mass is 240 g/mol. The van der Waals surface area contributed by atoms with Gasteiger partial charge in [-0.1, -0.05) is 0 Å². The zero-order chi connectivity index (χ0) is 11.4. The van der Waals surface area contributed by atoms with Gasteiger partial charge in [-0.25, -0.2) is 0 Å². The SMILES string of the molecule is COC1CNC(C(=O)NCc2ccsc2)C1. The molecule has 2 unspecified atom stereocenters. The first-order valence-electron chi connectivity index (χ1n) is 5.34. The van der Waals surface area contributed by atoms with Crippen molar-refractivity contribution >= 4 is 17.2 Å². The first-order valence-corrected chi connectivity index (χ1v) is 6.29. The number of nitrogens with one attached hydrogen (secondary N) is 2. The van der Waals surface area contributed by atoms with Crippen molar-refractivity contribution in [1.82, 2.24) is 10.6 Å². The zero-order valence-corrected chi connectivity index (χ0v) is 10.0. The maximum Gasteiger partial charge on any atom is 0.237 e. The summed E-state index contributed by atoms with van der Waals surface area (Å²) in [6, 6.07) is 1.91. The van der Waals surface area contributed by atoms with E-state index in [1.165, 1.54) is 0 Å². The minimum Gasteiger partial charge on any atom is -0.380 e. The van der Waals surface area contributed by atoms with Gasteiger partial charge >= 0.3 is 0 Å². The fourth-order valence-corrected chi connectivity index (χ4v) is 2.46. The number of rotatable bonds is 4. The number of ether oxygens (including phenoxy) is 1. The van der Waals surface area contributed by atoms with Gasteiger partial charge in [0.1, 0.15) is 0 Å². The molecule has 5 heteroatoms. The molecule has 1 aliphatic heterocycles. The lowest BCUT2D eigenvalue weighted by Gasteiger charge is -2.10. The van der Waals surface area contributed by atoms with Crippen LogP contribution in [0.15, 0.2) is 16.8 Å². The van der Waals surface area contributed by atoms with Crippen LogP contribution in [0.25, 0.3) is 0 Å². The molecule has 1 fully saturated rings. The minimum absolute atomic E-state index is 0.0609. The highest BCUT2D eigenvalue weighted by molar-refractivity contribution is 7.07. The summed E-state index contributed by atoms with van der Waals surface area (Å²) in [5.74, 6) is 0.0609. The fourth-order valence-electron chi connectivity index (χ4n) is 1.79. The van der Waals surface area contributed by atoms with E-state index in [0.29, 0.717) is 6.54 Å². The van der Waals surface area contributed by atoms with Crippen molar-refractivity contribution in [3.63, 3.8) is 0 Å². The van der Waals surface area contributed by atoms with E-state index in [2.05, 4.69) is 10.6 Å². The molecule has 0 bridgehead atoms. The lowest BCUT2D eigenvalue weighted by Crippen LogP contribution is -2.39. The summed E-state index contributed by atoms with van der Waals surface area (Å²) < 4.78 is 5.20. The van der Waals surface area contributed by atoms with Gasteiger partial charge in [-0.3, -0.25) is 4.79 Å². The summed E-state index contributed by atoms with van der Waals surface area (Å²) >= 11 is 1.64. The highest BCUT2D eigenvalue weighted by Gasteiger charge is 2.28. The van der Waals surface area contributed by atoms with Gasteiger partial charge < -0.3 is 15.4 Å². The number of carbonyl (C=O) groups is 1. The van der Waals surface area contributed by atoms with E-state index >= 15 is 0 Å². The summed E-state index contributed by atoms with van der Waals surface area (Å²) in [4.78, 5) is 11.8. The Kier molecular flexibility index (Phi) is 3.93. The molecule has 2 rings (SSSR count). The van der Waals surface area contributed by atoms with Crippen LogP contribution in [0.3, 0.4) is 0 Å². The second kappa shape index (κ2) is 5.43. The molecule has 0 spiro atoms. The standard InChI is InChI=1S/C11H16N2O2S/c1-15-9-4-10(12-6-9)11(14)13-5-8-2-3-16-7-8/h2-3,7,9-10,12H,4-6H2,1H3,(H,13,14). The molecule has 16 heavy (non-hydrogen) atoms. The first kappa shape index (κ1) is 11.6. The van der Waals surface area contributed by atoms with Crippen molar-refractivity contribution in [3.8, 4) is 0 Å². The number of amides is 1. The quantitative estimate of drug-likeness (QED) is 0.816. The molecule has 0 radical (unpaired) electrons. The second-order valence-corrected chi connectivity index (χ2v) is 4.68. The third-order valence-electron chi connectivity index (χ3n) is 2.79. The summed E-state index contributed by atoms with van der Waals surface area (Å²) in [6.07, 6.45) is 0.920. The van der Waals surface area contributed by atoms with Crippen LogP contribution in [0.4, 0.5) is 0 Å². The van der Waals surface area contributed by atoms with Crippen LogP contribution in [-0.4, -0.2) is 31.7 Å². The van der Waals surface area contributed by atoms with Gasteiger partial charge in [0.2, 0.25) is 5.91 Å². The molecule has 0 aliphatic carbocycles. The van der Waals surface area contributed by atoms with Gasteiger partial charge in [-0.2, -0.15) is 11.3 Å². The Morgan fingerprint density at radius 3 is 3.25 bits per heavy atom. The van der Waals surface area contributed by atoms with Crippen molar-refractivity contribution in [2.75, 3.05) is 13.7 Å². The Morgan fingerprint density at radius 1 is 1.75 bits per heavy atom. The van der Waals surface area contributed by atoms with Crippen LogP contribution >= 0.6 is 11.3 Å². The van der Waals surface area contributed by atoms with E-state index in [9.17, 15) is 4.79 Å². The molecule has 1 aromatic heterocycles. The topological polar surface area (TPSA) is 50.4 Å². The fraction of sp³-hybridized carbons (Fsp3) is 0.545. The molecular weight excluding hydrogens is 224 g/mol. The lowest BCUT2D eigenvalue weighted by atomic mass is 10.2. The number of thiophene rings is 1. The normalized spacial score (nSPS) is 24.6. The Hall–Kier alpha value is -0.910. The molecule has 1 aliphatic rings. The largest absolute Gasteiger partial charge is 0.380 e. The maximum atomic E-state index is 11.8. The highest BCUT2D eigenvalue weighted by atomic mass is 32.1. The van der Waals surface area contributed by atoms with E-state index in [1.54, 1.807) is 18.4 Å². The predicted molar refractivity (Wildman–Crippen MR) is 63.4 cm³/mol. The van der Waals surface area contributed by atoms with E-state index in [0.717, 1.165) is 18.5 Å². The summed E-state index contributed by atoms with van der Waals surface area (Å²) in [6.45, 7) is 1.37. The van der Waals surface area contributed by atoms with Gasteiger partial charge in [-0.15, -0.1) is 0 Å². The van der Waals surface area contributed by atoms with Gasteiger partial charge in [0.15, 0.2) is 0 Å². The van der Waals surface area contributed by atoms with E-state index in [-0.39, 0.29) is 18.1 Å². The van der Waals surface area contributed by atoms with Crippen LogP contribution in [0.2, 0.25) is 0 Å². The highest BCUT2D eigenvalue weighted by Crippen LogP contribution is 2.10. The van der Waals surface area contributed by atoms with Gasteiger partial charge in [0.25, 0.3) is 0 Å². The molecule has 1 amide bonds. The molecule has 1 aromatic rings. The molecule has 2 atom stereocenters. The van der Waals surface area contributed by atoms with Crippen molar-refractivity contribution in [1.29, 1.82) is 0 Å². The van der Waals surface area contributed by atoms with Crippen LogP contribution in [0, 0.1) is 0 Å². The molecule has 0 saturated carbocycles. The van der Waals surface area contributed by atoms with Gasteiger partial charge in [0, 0.05) is 20.2 Å². The molecular formula is C11H16N2O2S. The number of hydrogen-bond donors (Lipinski definition) is 2. The summed E-state index contributed by atoms with van der Waals surface area (Å²) in [7, 11) is 1.68. The summed E-state index contributed by atoms with van der Waals surface area (Å²) in [5, 5.41) is 10.1. The Balaban J connectivity index is 1.76. The molecule has 2 N–H and O–H groups in total. The van der Waals surface area contributed by atoms with Gasteiger partial charge in [0.05, 0.1) is 12.1 Å². The van der Waals surface area contributed by atoms with Gasteiger partial charge in [-0.05, 0) is 28.8 Å². The first-order chi connectivity index (χ1) is 7.79. The van der Waals surface area contributed by atoms with Crippen molar-refractivity contribution in [3.05, 3.63) is 22.4 Å². The molecule has 4 nitrogen and oxygen atoms in total. The molecule has 88 valence electrons. The van der Waals surface area contributed by atoms with Crippen molar-refractivity contribution in [2.24, 2.45) is 0 Å². The van der Waals surface area contributed by atoms with Crippen LogP contribution < -0.4 is 10.6 Å². The zero-order valence-electron chi connectivity index (χ0n) is 9.23. The lowest BCUT2D eigenvalue weighted by molar-refractivity contribution is -0.123. The van der Waals surface area contributed by atoms with Crippen LogP contribution in [0.1, 0.15) is 12.0 Å². The van der Waals surface area contributed by atoms with Crippen molar-refractivity contribution < 1.29 is 9.53 Å². The Morgan fingerprint density at radius 2 is 2.62 bits per heavy atom. The number of carbonyl (C=O) groups excluding carboxylic acids is 1. The third kappa shape index (κ3) is 2.81. The Labute approximate surface area is 99.0 Å². The van der Waals surface area contributed by atoms with E-state index in [4.69, 9.17) is 4.74 Å². The molecule has 1 saturated heterocycles. The van der Waals surface area contributed by atoms with Crippen LogP contribution in [0.5, 0.6) is 0 Å². The Bertz CT molecular complexity index is 340. The summed E-state index contributed by atoms with van der Waals surface area (Å²) in [5.41, 5.74) is 1.15. The van der Waals surface area contributed by atoms with E-state index in [1.807, 2.05) is 16.8 Å². The molecule has 0 aromatic carbocycles. The third-order valence-corrected chi connectivity index (χ3v) is 3.52. The second-order valence-electron chi connectivity index (χ2n) is 3.90. The average molecular weight is 240 g/mol. The maximum absolute atomic E-state index is 11.8. The van der Waals surface area contributed by atoms with Crippen LogP contribution in [-0.2, 0) is 16.1 Å². The minimum atomic E-state index is -0.108. The predicted octanol–water partition coefficient (Wildman–Crippen LogP) is 0.741. The van der Waals surface area contributed by atoms with E-state index < -0.39 is 0 Å². The smallest absolute Gasteiger partial charge is 0.237 e. The van der Waals surface area contributed by atoms with Crippen molar-refractivity contribution in [2.45, 2.75) is 25.1 Å². The molecule has 2 heterocycles.